The predicted molar refractivity (Wildman–Crippen MR) is 140 cm³/mol. The van der Waals surface area contributed by atoms with Crippen LogP contribution in [0.25, 0.3) is 33.7 Å². The van der Waals surface area contributed by atoms with Gasteiger partial charge in [-0.25, -0.2) is 19.3 Å². The zero-order valence-corrected chi connectivity index (χ0v) is 20.3. The molecule has 2 aromatic carbocycles. The number of anilines is 1. The molecular weight excluding hydrogens is 469 g/mol. The number of halogens is 1. The lowest BCUT2D eigenvalue weighted by atomic mass is 9.90. The quantitative estimate of drug-likeness (QED) is 0.291. The van der Waals surface area contributed by atoms with E-state index in [0.717, 1.165) is 46.7 Å². The van der Waals surface area contributed by atoms with Gasteiger partial charge in [0.2, 0.25) is 5.88 Å². The van der Waals surface area contributed by atoms with Crippen molar-refractivity contribution >= 4 is 16.7 Å². The molecular formula is C28H26FN7O. The highest BCUT2D eigenvalue weighted by Crippen LogP contribution is 2.32. The van der Waals surface area contributed by atoms with Gasteiger partial charge in [0.15, 0.2) is 0 Å². The number of aryl methyl sites for hydroxylation is 1. The van der Waals surface area contributed by atoms with E-state index < -0.39 is 0 Å². The van der Waals surface area contributed by atoms with E-state index in [1.54, 1.807) is 24.4 Å². The van der Waals surface area contributed by atoms with Gasteiger partial charge in [-0.1, -0.05) is 24.3 Å². The Morgan fingerprint density at radius 2 is 1.89 bits per heavy atom. The summed E-state index contributed by atoms with van der Waals surface area (Å²) >= 11 is 0. The number of H-pyrrole nitrogens is 1. The molecule has 1 aliphatic carbocycles. The molecule has 0 unspecified atom stereocenters. The number of pyridine rings is 1. The van der Waals surface area contributed by atoms with E-state index in [1.165, 1.54) is 6.07 Å². The number of nitrogens with zero attached hydrogens (tertiary/aromatic N) is 4. The Morgan fingerprint density at radius 1 is 1.03 bits per heavy atom. The molecule has 1 fully saturated rings. The number of ether oxygens (including phenoxy) is 1. The number of hydrogen-bond acceptors (Lipinski definition) is 7. The molecule has 0 saturated heterocycles. The molecule has 0 atom stereocenters. The summed E-state index contributed by atoms with van der Waals surface area (Å²) < 4.78 is 20.1. The van der Waals surface area contributed by atoms with Crippen LogP contribution in [0.5, 0.6) is 5.88 Å². The summed E-state index contributed by atoms with van der Waals surface area (Å²) in [6, 6.07) is 18.4. The monoisotopic (exact) mass is 495 g/mol. The van der Waals surface area contributed by atoms with Crippen LogP contribution in [0.4, 0.5) is 10.1 Å². The SMILES string of the molecule is Cc1cccc(-c2[nH]c(CNc3ccccc3F)nc2-c2ccc3ncc(OC4CC(N)C4)nc3c2)n1. The number of aromatic amines is 1. The fourth-order valence-electron chi connectivity index (χ4n) is 4.44. The van der Waals surface area contributed by atoms with Gasteiger partial charge < -0.3 is 20.8 Å². The summed E-state index contributed by atoms with van der Waals surface area (Å²) in [5.41, 5.74) is 11.8. The number of hydrogen-bond donors (Lipinski definition) is 3. The van der Waals surface area contributed by atoms with E-state index >= 15 is 0 Å². The smallest absolute Gasteiger partial charge is 0.233 e. The molecule has 5 aromatic rings. The van der Waals surface area contributed by atoms with E-state index in [2.05, 4.69) is 20.3 Å². The van der Waals surface area contributed by atoms with Gasteiger partial charge in [0.25, 0.3) is 0 Å². The van der Waals surface area contributed by atoms with Gasteiger partial charge in [0.05, 0.1) is 46.5 Å². The van der Waals surface area contributed by atoms with Crippen molar-refractivity contribution in [2.45, 2.75) is 38.5 Å². The van der Waals surface area contributed by atoms with Crippen molar-refractivity contribution in [3.05, 3.63) is 84.2 Å². The van der Waals surface area contributed by atoms with Gasteiger partial charge >= 0.3 is 0 Å². The topological polar surface area (TPSA) is 115 Å². The van der Waals surface area contributed by atoms with Gasteiger partial charge in [-0.05, 0) is 56.2 Å². The Labute approximate surface area is 213 Å². The molecule has 8 nitrogen and oxygen atoms in total. The molecule has 9 heteroatoms. The van der Waals surface area contributed by atoms with Gasteiger partial charge in [-0.3, -0.25) is 4.98 Å². The number of para-hydroxylation sites is 1. The van der Waals surface area contributed by atoms with Crippen molar-refractivity contribution in [2.24, 2.45) is 5.73 Å². The maximum atomic E-state index is 14.1. The first-order valence-corrected chi connectivity index (χ1v) is 12.2. The molecule has 186 valence electrons. The summed E-state index contributed by atoms with van der Waals surface area (Å²) in [6.07, 6.45) is 3.38. The van der Waals surface area contributed by atoms with Crippen LogP contribution in [-0.2, 0) is 6.54 Å². The lowest BCUT2D eigenvalue weighted by Crippen LogP contribution is -2.43. The fraction of sp³-hybridized carbons (Fsp3) is 0.214. The average Bonchev–Trinajstić information content (AvgIpc) is 3.31. The molecule has 3 aromatic heterocycles. The summed E-state index contributed by atoms with van der Waals surface area (Å²) in [5.74, 6) is 0.824. The number of nitrogens with one attached hydrogen (secondary N) is 2. The third-order valence-corrected chi connectivity index (χ3v) is 6.43. The second kappa shape index (κ2) is 9.59. The Morgan fingerprint density at radius 3 is 2.70 bits per heavy atom. The largest absolute Gasteiger partial charge is 0.473 e. The highest BCUT2D eigenvalue weighted by atomic mass is 19.1. The van der Waals surface area contributed by atoms with Crippen molar-refractivity contribution < 1.29 is 9.13 Å². The minimum absolute atomic E-state index is 0.0831. The standard InChI is InChI=1S/C28H26FN7O/c1-16-5-4-8-23(33-16)28-27(35-25(36-28)14-31-21-7-3-2-6-20(21)29)17-9-10-22-24(11-17)34-26(15-32-22)37-19-12-18(30)13-19/h2-11,15,18-19,31H,12-14,30H2,1H3,(H,35,36). The number of benzene rings is 2. The van der Waals surface area contributed by atoms with E-state index in [-0.39, 0.29) is 18.0 Å². The van der Waals surface area contributed by atoms with Crippen molar-refractivity contribution in [1.82, 2.24) is 24.9 Å². The third kappa shape index (κ3) is 4.85. The molecule has 1 aliphatic rings. The molecule has 4 N–H and O–H groups in total. The first-order chi connectivity index (χ1) is 18.0. The molecule has 0 amide bonds. The van der Waals surface area contributed by atoms with Gasteiger partial charge in [-0.2, -0.15) is 0 Å². The van der Waals surface area contributed by atoms with Crippen molar-refractivity contribution in [2.75, 3.05) is 5.32 Å². The van der Waals surface area contributed by atoms with E-state index in [0.29, 0.717) is 29.5 Å². The van der Waals surface area contributed by atoms with Crippen LogP contribution in [-0.4, -0.2) is 37.1 Å². The van der Waals surface area contributed by atoms with E-state index in [1.807, 2.05) is 43.3 Å². The number of nitrogens with two attached hydrogens (primary N) is 1. The fourth-order valence-corrected chi connectivity index (χ4v) is 4.44. The normalized spacial score (nSPS) is 16.9. The predicted octanol–water partition coefficient (Wildman–Crippen LogP) is 5.01. The van der Waals surface area contributed by atoms with Crippen molar-refractivity contribution in [3.8, 4) is 28.5 Å². The van der Waals surface area contributed by atoms with Crippen LogP contribution < -0.4 is 15.8 Å². The molecule has 1 saturated carbocycles. The molecule has 0 spiro atoms. The number of imidazole rings is 1. The van der Waals surface area contributed by atoms with Crippen LogP contribution in [0.2, 0.25) is 0 Å². The van der Waals surface area contributed by atoms with Crippen molar-refractivity contribution in [1.29, 1.82) is 0 Å². The Bertz CT molecular complexity index is 1580. The van der Waals surface area contributed by atoms with E-state index in [4.69, 9.17) is 20.4 Å². The Balaban J connectivity index is 1.36. The summed E-state index contributed by atoms with van der Waals surface area (Å²) in [4.78, 5) is 22.1. The van der Waals surface area contributed by atoms with Crippen LogP contribution >= 0.6 is 0 Å². The van der Waals surface area contributed by atoms with Crippen LogP contribution in [0.1, 0.15) is 24.4 Å². The molecule has 37 heavy (non-hydrogen) atoms. The Kier molecular flexibility index (Phi) is 5.97. The first kappa shape index (κ1) is 23.1. The van der Waals surface area contributed by atoms with Gasteiger partial charge in [0, 0.05) is 17.3 Å². The summed E-state index contributed by atoms with van der Waals surface area (Å²) in [5, 5.41) is 3.12. The molecule has 0 radical (unpaired) electrons. The third-order valence-electron chi connectivity index (χ3n) is 6.43. The van der Waals surface area contributed by atoms with Gasteiger partial charge in [0.1, 0.15) is 17.7 Å². The van der Waals surface area contributed by atoms with Gasteiger partial charge in [-0.15, -0.1) is 0 Å². The lowest BCUT2D eigenvalue weighted by Gasteiger charge is -2.31. The van der Waals surface area contributed by atoms with Crippen LogP contribution in [0.15, 0.2) is 66.9 Å². The maximum absolute atomic E-state index is 14.1. The second-order valence-corrected chi connectivity index (χ2v) is 9.29. The Hall–Kier alpha value is -4.37. The number of rotatable bonds is 7. The highest BCUT2D eigenvalue weighted by Gasteiger charge is 2.28. The molecule has 0 aliphatic heterocycles. The number of aromatic nitrogens is 5. The maximum Gasteiger partial charge on any atom is 0.233 e. The first-order valence-electron chi connectivity index (χ1n) is 12.2. The van der Waals surface area contributed by atoms with Crippen LogP contribution in [0.3, 0.4) is 0 Å². The summed E-state index contributed by atoms with van der Waals surface area (Å²) in [7, 11) is 0. The number of fused-ring (bicyclic) bond motifs is 1. The average molecular weight is 496 g/mol. The second-order valence-electron chi connectivity index (χ2n) is 9.29. The highest BCUT2D eigenvalue weighted by molar-refractivity contribution is 5.85. The molecule has 6 rings (SSSR count). The van der Waals surface area contributed by atoms with E-state index in [9.17, 15) is 4.39 Å². The minimum Gasteiger partial charge on any atom is -0.473 e. The van der Waals surface area contributed by atoms with Crippen LogP contribution in [0, 0.1) is 12.7 Å². The minimum atomic E-state index is -0.315. The van der Waals surface area contributed by atoms with Crippen molar-refractivity contribution in [3.63, 3.8) is 0 Å². The lowest BCUT2D eigenvalue weighted by molar-refractivity contribution is 0.0958. The molecule has 0 bridgehead atoms. The molecule has 3 heterocycles. The summed E-state index contributed by atoms with van der Waals surface area (Å²) in [6.45, 7) is 2.26. The zero-order valence-electron chi connectivity index (χ0n) is 20.3. The zero-order chi connectivity index (χ0) is 25.4.